The molecule has 0 saturated heterocycles. The number of hydrogen-bond donors (Lipinski definition) is 3. The molecule has 0 aromatic heterocycles. The van der Waals surface area contributed by atoms with Crippen molar-refractivity contribution in [1.82, 2.24) is 10.9 Å². The van der Waals surface area contributed by atoms with Gasteiger partial charge in [-0.15, -0.1) is 12.4 Å². The molecule has 0 fully saturated rings. The highest BCUT2D eigenvalue weighted by atomic mass is 35.5. The predicted molar refractivity (Wildman–Crippen MR) is 42.8 cm³/mol. The molecular weight excluding hydrogens is 154 g/mol. The van der Waals surface area contributed by atoms with Crippen LogP contribution in [0.25, 0.3) is 0 Å². The van der Waals surface area contributed by atoms with Gasteiger partial charge in [0, 0.05) is 0 Å². The van der Waals surface area contributed by atoms with Crippen LogP contribution in [0, 0.1) is 5.41 Å². The van der Waals surface area contributed by atoms with E-state index >= 15 is 0 Å². The summed E-state index contributed by atoms with van der Waals surface area (Å²) in [6, 6.07) is 0. The largest absolute Gasteiger partial charge is 0.266 e. The van der Waals surface area contributed by atoms with Crippen molar-refractivity contribution in [2.75, 3.05) is 0 Å². The Hall–Kier alpha value is -1.10. The summed E-state index contributed by atoms with van der Waals surface area (Å²) in [5.74, 6) is 0.0862. The minimum absolute atomic E-state index is 0. The van der Waals surface area contributed by atoms with E-state index in [1.807, 2.05) is 0 Å². The lowest BCUT2D eigenvalue weighted by atomic mass is 10.5. The quantitative estimate of drug-likeness (QED) is 0.464. The van der Waals surface area contributed by atoms with Crippen LogP contribution < -0.4 is 10.9 Å². The molecule has 1 aliphatic rings. The number of rotatable bonds is 0. The van der Waals surface area contributed by atoms with Gasteiger partial charge >= 0.3 is 0 Å². The van der Waals surface area contributed by atoms with Crippen LogP contribution in [0.4, 0.5) is 0 Å². The second-order valence-electron chi connectivity index (χ2n) is 1.61. The number of hydrogen-bond acceptors (Lipinski definition) is 3. The molecule has 0 spiro atoms. The lowest BCUT2D eigenvalue weighted by Gasteiger charge is -1.95. The summed E-state index contributed by atoms with van der Waals surface area (Å²) in [5.41, 5.74) is 5.57. The summed E-state index contributed by atoms with van der Waals surface area (Å²) >= 11 is 0. The van der Waals surface area contributed by atoms with E-state index in [-0.39, 0.29) is 18.4 Å². The molecule has 0 bridgehead atoms. The highest BCUT2D eigenvalue weighted by Crippen LogP contribution is 1.74. The first-order chi connectivity index (χ1) is 4.29. The number of nitrogens with one attached hydrogen (secondary N) is 3. The summed E-state index contributed by atoms with van der Waals surface area (Å²) in [6.07, 6.45) is 1.54. The molecule has 56 valence electrons. The monoisotopic (exact) mass is 161 g/mol. The van der Waals surface area contributed by atoms with Gasteiger partial charge in [-0.25, -0.2) is 10.9 Å². The maximum Gasteiger partial charge on any atom is 0.230 e. The van der Waals surface area contributed by atoms with Crippen molar-refractivity contribution < 1.29 is 0 Å². The molecule has 0 amide bonds. The number of hydrazone groups is 2. The summed E-state index contributed by atoms with van der Waals surface area (Å²) in [4.78, 5) is 0. The van der Waals surface area contributed by atoms with Gasteiger partial charge in [0.05, 0.1) is 11.9 Å². The number of guanidine groups is 1. The molecule has 0 atom stereocenters. The second-order valence-corrected chi connectivity index (χ2v) is 1.61. The topological polar surface area (TPSA) is 72.6 Å². The summed E-state index contributed by atoms with van der Waals surface area (Å²) in [6.45, 7) is 1.79. The highest BCUT2D eigenvalue weighted by molar-refractivity contribution is 6.29. The molecule has 1 heterocycles. The van der Waals surface area contributed by atoms with E-state index in [4.69, 9.17) is 5.41 Å². The van der Waals surface area contributed by atoms with E-state index in [0.717, 1.165) is 5.71 Å². The zero-order valence-electron chi connectivity index (χ0n) is 5.38. The van der Waals surface area contributed by atoms with E-state index in [1.165, 1.54) is 6.21 Å². The van der Waals surface area contributed by atoms with Gasteiger partial charge in [0.25, 0.3) is 0 Å². The molecule has 0 radical (unpaired) electrons. The summed E-state index contributed by atoms with van der Waals surface area (Å²) < 4.78 is 0. The molecule has 3 N–H and O–H groups in total. The Bertz CT molecular complexity index is 184. The van der Waals surface area contributed by atoms with E-state index in [9.17, 15) is 0 Å². The molecule has 1 aliphatic heterocycles. The van der Waals surface area contributed by atoms with E-state index in [0.29, 0.717) is 0 Å². The zero-order chi connectivity index (χ0) is 6.69. The van der Waals surface area contributed by atoms with Gasteiger partial charge in [0.1, 0.15) is 0 Å². The SMILES string of the molecule is CC1=NNC(=N)NN=C1.Cl. The Kier molecular flexibility index (Phi) is 3.42. The van der Waals surface area contributed by atoms with Crippen LogP contribution in [0.5, 0.6) is 0 Å². The predicted octanol–water partition coefficient (Wildman–Crippen LogP) is -0.103. The van der Waals surface area contributed by atoms with Gasteiger partial charge in [0.2, 0.25) is 5.96 Å². The van der Waals surface area contributed by atoms with Crippen molar-refractivity contribution in [2.24, 2.45) is 10.2 Å². The second kappa shape index (κ2) is 3.84. The Morgan fingerprint density at radius 1 is 1.50 bits per heavy atom. The molecule has 0 aromatic carbocycles. The van der Waals surface area contributed by atoms with Crippen molar-refractivity contribution >= 4 is 30.3 Å². The molecule has 5 nitrogen and oxygen atoms in total. The first-order valence-electron chi connectivity index (χ1n) is 2.47. The van der Waals surface area contributed by atoms with Crippen LogP contribution in [0.3, 0.4) is 0 Å². The maximum atomic E-state index is 6.98. The van der Waals surface area contributed by atoms with E-state index in [1.54, 1.807) is 6.92 Å². The van der Waals surface area contributed by atoms with E-state index < -0.39 is 0 Å². The average molecular weight is 162 g/mol. The van der Waals surface area contributed by atoms with Crippen LogP contribution in [0.2, 0.25) is 0 Å². The fourth-order valence-electron chi connectivity index (χ4n) is 0.388. The summed E-state index contributed by atoms with van der Waals surface area (Å²) in [5, 5.41) is 14.4. The third kappa shape index (κ3) is 2.45. The molecule has 0 unspecified atom stereocenters. The minimum Gasteiger partial charge on any atom is -0.266 e. The maximum absolute atomic E-state index is 6.98. The lowest BCUT2D eigenvalue weighted by molar-refractivity contribution is 0.902. The first-order valence-corrected chi connectivity index (χ1v) is 2.47. The standard InChI is InChI=1S/C4H7N5.ClH/c1-3-2-6-8-4(5)9-7-3;/h2H,1H3,(H3,5,8,9);1H. The third-order valence-electron chi connectivity index (χ3n) is 0.772. The van der Waals surface area contributed by atoms with Crippen molar-refractivity contribution in [3.63, 3.8) is 0 Å². The minimum atomic E-state index is 0. The van der Waals surface area contributed by atoms with Gasteiger partial charge < -0.3 is 0 Å². The van der Waals surface area contributed by atoms with Gasteiger partial charge in [-0.3, -0.25) is 5.41 Å². The molecule has 6 heteroatoms. The first kappa shape index (κ1) is 8.90. The van der Waals surface area contributed by atoms with Gasteiger partial charge in [0.15, 0.2) is 0 Å². The molecule has 10 heavy (non-hydrogen) atoms. The van der Waals surface area contributed by atoms with Crippen LogP contribution in [-0.2, 0) is 0 Å². The van der Waals surface area contributed by atoms with Gasteiger partial charge in [-0.1, -0.05) is 0 Å². The fourth-order valence-corrected chi connectivity index (χ4v) is 0.388. The molecule has 0 aliphatic carbocycles. The van der Waals surface area contributed by atoms with Crippen molar-refractivity contribution in [3.05, 3.63) is 0 Å². The van der Waals surface area contributed by atoms with Gasteiger partial charge in [-0.05, 0) is 6.92 Å². The Morgan fingerprint density at radius 2 is 2.20 bits per heavy atom. The molecule has 0 saturated carbocycles. The Morgan fingerprint density at radius 3 is 2.90 bits per heavy atom. The van der Waals surface area contributed by atoms with Crippen LogP contribution in [-0.4, -0.2) is 17.9 Å². The third-order valence-corrected chi connectivity index (χ3v) is 0.772. The van der Waals surface area contributed by atoms with Crippen molar-refractivity contribution in [1.29, 1.82) is 5.41 Å². The highest BCUT2D eigenvalue weighted by Gasteiger charge is 1.93. The number of nitrogens with zero attached hydrogens (tertiary/aromatic N) is 2. The van der Waals surface area contributed by atoms with Crippen LogP contribution in [0.15, 0.2) is 10.2 Å². The van der Waals surface area contributed by atoms with E-state index in [2.05, 4.69) is 21.1 Å². The smallest absolute Gasteiger partial charge is 0.230 e. The van der Waals surface area contributed by atoms with Crippen molar-refractivity contribution in [2.45, 2.75) is 6.92 Å². The fraction of sp³-hybridized carbons (Fsp3) is 0.250. The Labute approximate surface area is 64.5 Å². The molecular formula is C4H8ClN5. The Balaban J connectivity index is 0.000000810. The van der Waals surface area contributed by atoms with Gasteiger partial charge in [-0.2, -0.15) is 10.2 Å². The molecule has 1 rings (SSSR count). The lowest BCUT2D eigenvalue weighted by Crippen LogP contribution is -2.27. The summed E-state index contributed by atoms with van der Waals surface area (Å²) in [7, 11) is 0. The number of halogens is 1. The van der Waals surface area contributed by atoms with Crippen LogP contribution >= 0.6 is 12.4 Å². The normalized spacial score (nSPS) is 15.7. The average Bonchev–Trinajstić information content (AvgIpc) is 1.97. The molecule has 0 aromatic rings. The van der Waals surface area contributed by atoms with Crippen LogP contribution in [0.1, 0.15) is 6.92 Å². The van der Waals surface area contributed by atoms with Crippen molar-refractivity contribution in [3.8, 4) is 0 Å². The zero-order valence-corrected chi connectivity index (χ0v) is 6.20.